The van der Waals surface area contributed by atoms with Crippen LogP contribution < -0.4 is 4.74 Å². The van der Waals surface area contributed by atoms with Gasteiger partial charge in [0, 0.05) is 31.3 Å². The maximum Gasteiger partial charge on any atom is 0.255 e. The smallest absolute Gasteiger partial charge is 0.255 e. The number of aromatic nitrogens is 1. The second-order valence-corrected chi connectivity index (χ2v) is 6.36. The van der Waals surface area contributed by atoms with Crippen molar-refractivity contribution in [3.63, 3.8) is 0 Å². The Morgan fingerprint density at radius 2 is 2.28 bits per heavy atom. The van der Waals surface area contributed by atoms with E-state index in [1.807, 2.05) is 4.90 Å². The third-order valence-corrected chi connectivity index (χ3v) is 4.70. The number of amides is 1. The Morgan fingerprint density at radius 1 is 1.40 bits per heavy atom. The van der Waals surface area contributed by atoms with Gasteiger partial charge in [0.15, 0.2) is 0 Å². The molecule has 0 aromatic carbocycles. The summed E-state index contributed by atoms with van der Waals surface area (Å²) in [6, 6.07) is 6.94. The average Bonchev–Trinajstić information content (AvgIpc) is 3.09. The Balaban J connectivity index is 1.75. The van der Waals surface area contributed by atoms with Crippen molar-refractivity contribution in [3.05, 3.63) is 48.0 Å². The van der Waals surface area contributed by atoms with E-state index in [0.29, 0.717) is 30.2 Å². The lowest BCUT2D eigenvalue weighted by Gasteiger charge is -2.31. The number of nitrogens with zero attached hydrogens (tertiary/aromatic N) is 2. The number of furan rings is 1. The number of methoxy groups -OCH3 is 1. The summed E-state index contributed by atoms with van der Waals surface area (Å²) < 4.78 is 10.3. The van der Waals surface area contributed by atoms with E-state index < -0.39 is 6.10 Å². The van der Waals surface area contributed by atoms with Gasteiger partial charge in [-0.2, -0.15) is 0 Å². The molecule has 0 aliphatic carbocycles. The van der Waals surface area contributed by atoms with Gasteiger partial charge < -0.3 is 19.2 Å². The molecule has 3 rings (SSSR count). The number of likely N-dealkylation sites (tertiary alicyclic amines) is 1. The van der Waals surface area contributed by atoms with E-state index >= 15 is 0 Å². The molecule has 0 unspecified atom stereocenters. The lowest BCUT2D eigenvalue weighted by atomic mass is 10.0. The molecule has 1 N–H and O–H groups in total. The van der Waals surface area contributed by atoms with Crippen LogP contribution >= 0.6 is 0 Å². The number of rotatable bonds is 5. The molecule has 1 fully saturated rings. The van der Waals surface area contributed by atoms with Gasteiger partial charge in [-0.3, -0.25) is 4.79 Å². The molecular weight excluding hydrogens is 320 g/mol. The summed E-state index contributed by atoms with van der Waals surface area (Å²) in [4.78, 5) is 19.0. The first-order valence-electron chi connectivity index (χ1n) is 8.71. The van der Waals surface area contributed by atoms with Gasteiger partial charge in [0.05, 0.1) is 18.9 Å². The topological polar surface area (TPSA) is 75.8 Å². The summed E-state index contributed by atoms with van der Waals surface area (Å²) >= 11 is 0. The van der Waals surface area contributed by atoms with E-state index in [0.717, 1.165) is 25.7 Å². The Kier molecular flexibility index (Phi) is 5.71. The highest BCUT2D eigenvalue weighted by Gasteiger charge is 2.29. The molecule has 0 bridgehead atoms. The second-order valence-electron chi connectivity index (χ2n) is 6.36. The average molecular weight is 344 g/mol. The highest BCUT2D eigenvalue weighted by atomic mass is 16.5. The molecule has 0 saturated carbocycles. The third-order valence-electron chi connectivity index (χ3n) is 4.70. The van der Waals surface area contributed by atoms with Crippen molar-refractivity contribution in [2.45, 2.75) is 44.2 Å². The molecule has 2 aromatic heterocycles. The highest BCUT2D eigenvalue weighted by molar-refractivity contribution is 5.94. The van der Waals surface area contributed by atoms with E-state index in [4.69, 9.17) is 9.15 Å². The molecule has 1 aliphatic heterocycles. The molecular formula is C19H24N2O4. The molecule has 0 spiro atoms. The zero-order valence-corrected chi connectivity index (χ0v) is 14.4. The number of pyridine rings is 1. The number of aliphatic hydroxyl groups excluding tert-OH is 1. The van der Waals surface area contributed by atoms with Gasteiger partial charge >= 0.3 is 0 Å². The quantitative estimate of drug-likeness (QED) is 0.901. The molecule has 6 nitrogen and oxygen atoms in total. The Labute approximate surface area is 147 Å². The van der Waals surface area contributed by atoms with Crippen LogP contribution in [0.25, 0.3) is 0 Å². The minimum Gasteiger partial charge on any atom is -0.481 e. The molecule has 134 valence electrons. The van der Waals surface area contributed by atoms with Crippen LogP contribution in [0.2, 0.25) is 0 Å². The fourth-order valence-corrected chi connectivity index (χ4v) is 3.34. The number of hydrogen-bond acceptors (Lipinski definition) is 5. The zero-order chi connectivity index (χ0) is 17.6. The van der Waals surface area contributed by atoms with Crippen LogP contribution in [0.1, 0.15) is 54.3 Å². The van der Waals surface area contributed by atoms with Crippen molar-refractivity contribution in [2.75, 3.05) is 13.7 Å². The maximum absolute atomic E-state index is 13.0. The first-order chi connectivity index (χ1) is 12.2. The normalized spacial score (nSPS) is 19.3. The third kappa shape index (κ3) is 4.20. The van der Waals surface area contributed by atoms with Crippen LogP contribution in [-0.2, 0) is 0 Å². The zero-order valence-electron chi connectivity index (χ0n) is 14.4. The largest absolute Gasteiger partial charge is 0.481 e. The van der Waals surface area contributed by atoms with E-state index in [2.05, 4.69) is 4.98 Å². The van der Waals surface area contributed by atoms with E-state index in [-0.39, 0.29) is 11.9 Å². The summed E-state index contributed by atoms with van der Waals surface area (Å²) in [6.07, 6.45) is 6.88. The first kappa shape index (κ1) is 17.5. The number of ether oxygens (including phenoxy) is 1. The molecule has 25 heavy (non-hydrogen) atoms. The van der Waals surface area contributed by atoms with Gasteiger partial charge in [0.1, 0.15) is 11.9 Å². The Hall–Kier alpha value is -2.34. The summed E-state index contributed by atoms with van der Waals surface area (Å²) in [7, 11) is 1.55. The van der Waals surface area contributed by atoms with Gasteiger partial charge in [-0.1, -0.05) is 12.8 Å². The first-order valence-corrected chi connectivity index (χ1v) is 8.71. The van der Waals surface area contributed by atoms with Crippen LogP contribution in [0.5, 0.6) is 5.88 Å². The van der Waals surface area contributed by atoms with Crippen molar-refractivity contribution in [1.82, 2.24) is 9.88 Å². The molecule has 1 aliphatic rings. The van der Waals surface area contributed by atoms with Gasteiger partial charge in [0.25, 0.3) is 5.91 Å². The highest BCUT2D eigenvalue weighted by Crippen LogP contribution is 2.28. The lowest BCUT2D eigenvalue weighted by molar-refractivity contribution is 0.0557. The summed E-state index contributed by atoms with van der Waals surface area (Å²) in [5, 5.41) is 10.4. The van der Waals surface area contributed by atoms with Crippen LogP contribution in [0.4, 0.5) is 0 Å². The van der Waals surface area contributed by atoms with Crippen molar-refractivity contribution >= 4 is 5.91 Å². The van der Waals surface area contributed by atoms with Gasteiger partial charge in [-0.05, 0) is 31.0 Å². The Morgan fingerprint density at radius 3 is 2.96 bits per heavy atom. The fourth-order valence-electron chi connectivity index (χ4n) is 3.34. The monoisotopic (exact) mass is 344 g/mol. The fraction of sp³-hybridized carbons (Fsp3) is 0.474. The Bertz CT molecular complexity index is 669. The van der Waals surface area contributed by atoms with Crippen molar-refractivity contribution in [3.8, 4) is 5.88 Å². The second kappa shape index (κ2) is 8.16. The molecule has 1 amide bonds. The predicted octanol–water partition coefficient (Wildman–Crippen LogP) is 3.19. The molecule has 2 atom stereocenters. The van der Waals surface area contributed by atoms with Gasteiger partial charge in [-0.25, -0.2) is 4.98 Å². The van der Waals surface area contributed by atoms with E-state index in [9.17, 15) is 9.90 Å². The van der Waals surface area contributed by atoms with Crippen LogP contribution in [0, 0.1) is 0 Å². The molecule has 3 heterocycles. The predicted molar refractivity (Wildman–Crippen MR) is 92.4 cm³/mol. The number of carbonyl (C=O) groups is 1. The standard InChI is InChI=1S/C19H24N2O4/c1-24-18-9-8-14(13-20-18)19(23)21-10-4-2-3-6-15(21)12-16(22)17-7-5-11-25-17/h5,7-9,11,13,15-16,22H,2-4,6,10,12H2,1H3/t15-,16-/m1/s1. The van der Waals surface area contributed by atoms with Gasteiger partial charge in [-0.15, -0.1) is 0 Å². The van der Waals surface area contributed by atoms with Crippen LogP contribution in [0.15, 0.2) is 41.1 Å². The number of hydrogen-bond donors (Lipinski definition) is 1. The van der Waals surface area contributed by atoms with Crippen LogP contribution in [0.3, 0.4) is 0 Å². The minimum absolute atomic E-state index is 0.0165. The number of carbonyl (C=O) groups excluding carboxylic acids is 1. The molecule has 1 saturated heterocycles. The number of aliphatic hydroxyl groups is 1. The van der Waals surface area contributed by atoms with E-state index in [1.54, 1.807) is 43.8 Å². The molecule has 0 radical (unpaired) electrons. The van der Waals surface area contributed by atoms with Crippen LogP contribution in [-0.4, -0.2) is 40.6 Å². The summed E-state index contributed by atoms with van der Waals surface area (Å²) in [5.74, 6) is 0.980. The van der Waals surface area contributed by atoms with Crippen molar-refractivity contribution in [2.24, 2.45) is 0 Å². The maximum atomic E-state index is 13.0. The molecule has 6 heteroatoms. The van der Waals surface area contributed by atoms with Crippen molar-refractivity contribution < 1.29 is 19.1 Å². The molecule has 2 aromatic rings. The van der Waals surface area contributed by atoms with E-state index in [1.165, 1.54) is 0 Å². The summed E-state index contributed by atoms with van der Waals surface area (Å²) in [5.41, 5.74) is 0.542. The summed E-state index contributed by atoms with van der Waals surface area (Å²) in [6.45, 7) is 0.695. The minimum atomic E-state index is -0.706. The lowest BCUT2D eigenvalue weighted by Crippen LogP contribution is -2.41. The van der Waals surface area contributed by atoms with Gasteiger partial charge in [0.2, 0.25) is 5.88 Å². The van der Waals surface area contributed by atoms with Crippen molar-refractivity contribution in [1.29, 1.82) is 0 Å². The SMILES string of the molecule is COc1ccc(C(=O)N2CCCCC[C@@H]2C[C@@H](O)c2ccco2)cn1.